The van der Waals surface area contributed by atoms with Crippen molar-refractivity contribution in [3.8, 4) is 33.4 Å². The molecule has 0 radical (unpaired) electrons. The SMILES string of the molecule is c1ccc(-c2ccc(N(c3ccc(-c4ccc5ccc6c7ccccc7ccc6c5c4)cc3)c3cccc(-c4ccc5ccccc5c4)c3)cc2)cc1. The normalized spacial score (nSPS) is 11.4. The molecule has 0 fully saturated rings. The minimum atomic E-state index is 1.11. The number of nitrogens with zero attached hydrogens (tertiary/aromatic N) is 1. The molecule has 0 bridgehead atoms. The molecule has 1 nitrogen and oxygen atoms in total. The highest BCUT2D eigenvalue weighted by Gasteiger charge is 2.15. The van der Waals surface area contributed by atoms with Crippen LogP contribution in [0.15, 0.2) is 212 Å². The van der Waals surface area contributed by atoms with Crippen molar-refractivity contribution in [1.82, 2.24) is 0 Å². The Balaban J connectivity index is 1.06. The predicted octanol–water partition coefficient (Wildman–Crippen LogP) is 14.8. The molecule has 0 aromatic heterocycles. The van der Waals surface area contributed by atoms with Gasteiger partial charge >= 0.3 is 0 Å². The molecule has 0 amide bonds. The lowest BCUT2D eigenvalue weighted by Crippen LogP contribution is -2.10. The second kappa shape index (κ2) is 13.0. The van der Waals surface area contributed by atoms with Crippen LogP contribution in [0, 0.1) is 0 Å². The minimum Gasteiger partial charge on any atom is -0.310 e. The molecule has 1 heteroatoms. The third-order valence-corrected chi connectivity index (χ3v) is 10.6. The van der Waals surface area contributed by atoms with Crippen LogP contribution in [0.2, 0.25) is 0 Å². The van der Waals surface area contributed by atoms with Gasteiger partial charge in [0.15, 0.2) is 0 Å². The summed E-state index contributed by atoms with van der Waals surface area (Å²) in [6.45, 7) is 0. The zero-order valence-corrected chi connectivity index (χ0v) is 29.2. The van der Waals surface area contributed by atoms with Crippen molar-refractivity contribution in [3.05, 3.63) is 212 Å². The van der Waals surface area contributed by atoms with Gasteiger partial charge in [-0.2, -0.15) is 0 Å². The van der Waals surface area contributed by atoms with Gasteiger partial charge in [-0.1, -0.05) is 164 Å². The van der Waals surface area contributed by atoms with E-state index in [-0.39, 0.29) is 0 Å². The van der Waals surface area contributed by atoms with E-state index in [1.54, 1.807) is 0 Å². The molecule has 0 atom stereocenters. The highest BCUT2D eigenvalue weighted by molar-refractivity contribution is 6.17. The molecule has 10 aromatic rings. The molecule has 0 aliphatic rings. The van der Waals surface area contributed by atoms with E-state index in [9.17, 15) is 0 Å². The maximum absolute atomic E-state index is 2.36. The van der Waals surface area contributed by atoms with E-state index in [1.165, 1.54) is 76.5 Å². The first-order valence-electron chi connectivity index (χ1n) is 18.2. The van der Waals surface area contributed by atoms with Crippen molar-refractivity contribution in [2.75, 3.05) is 4.90 Å². The fourth-order valence-electron chi connectivity index (χ4n) is 7.87. The van der Waals surface area contributed by atoms with Gasteiger partial charge in [0.1, 0.15) is 0 Å². The summed E-state index contributed by atoms with van der Waals surface area (Å²) in [5.41, 5.74) is 10.5. The molecule has 0 saturated heterocycles. The van der Waals surface area contributed by atoms with Crippen molar-refractivity contribution in [2.24, 2.45) is 0 Å². The molecule has 0 spiro atoms. The van der Waals surface area contributed by atoms with Crippen LogP contribution in [0.1, 0.15) is 0 Å². The summed E-state index contributed by atoms with van der Waals surface area (Å²) >= 11 is 0. The number of anilines is 3. The van der Waals surface area contributed by atoms with Crippen LogP contribution in [0.4, 0.5) is 17.1 Å². The largest absolute Gasteiger partial charge is 0.310 e. The maximum atomic E-state index is 2.36. The van der Waals surface area contributed by atoms with Gasteiger partial charge in [0.25, 0.3) is 0 Å². The molecule has 10 aromatic carbocycles. The summed E-state index contributed by atoms with van der Waals surface area (Å²) in [7, 11) is 0. The lowest BCUT2D eigenvalue weighted by Gasteiger charge is -2.26. The number of fused-ring (bicyclic) bond motifs is 6. The average Bonchev–Trinajstić information content (AvgIpc) is 3.24. The van der Waals surface area contributed by atoms with E-state index in [1.807, 2.05) is 0 Å². The minimum absolute atomic E-state index is 1.11. The summed E-state index contributed by atoms with van der Waals surface area (Å²) < 4.78 is 0. The number of hydrogen-bond acceptors (Lipinski definition) is 1. The molecule has 0 aliphatic heterocycles. The van der Waals surface area contributed by atoms with Crippen molar-refractivity contribution >= 4 is 60.2 Å². The number of rotatable bonds is 6. The Kier molecular flexibility index (Phi) is 7.55. The molecular formula is C52H35N. The first kappa shape index (κ1) is 30.8. The molecule has 0 heterocycles. The Morgan fingerprint density at radius 3 is 1.42 bits per heavy atom. The van der Waals surface area contributed by atoms with Crippen LogP contribution >= 0.6 is 0 Å². The van der Waals surface area contributed by atoms with Crippen LogP contribution in [-0.2, 0) is 0 Å². The van der Waals surface area contributed by atoms with Gasteiger partial charge in [-0.05, 0) is 125 Å². The summed E-state index contributed by atoms with van der Waals surface area (Å²) in [6, 6.07) is 77.3. The fourth-order valence-corrected chi connectivity index (χ4v) is 7.87. The van der Waals surface area contributed by atoms with E-state index in [4.69, 9.17) is 0 Å². The smallest absolute Gasteiger partial charge is 0.0467 e. The standard InChI is InChI=1S/C52H35N/c1-2-9-36(10-3-1)38-21-27-46(28-22-38)53(48-15-8-14-43(34-48)44-19-17-37-11-4-5-13-42(37)33-44)47-29-23-39(24-30-47)45-20-18-41-26-31-50-49-16-7-6-12-40(49)25-32-51(50)52(41)35-45/h1-35H. The van der Waals surface area contributed by atoms with Crippen molar-refractivity contribution in [2.45, 2.75) is 0 Å². The van der Waals surface area contributed by atoms with Crippen molar-refractivity contribution in [1.29, 1.82) is 0 Å². The van der Waals surface area contributed by atoms with E-state index in [2.05, 4.69) is 217 Å². The third-order valence-electron chi connectivity index (χ3n) is 10.6. The lowest BCUT2D eigenvalue weighted by atomic mass is 9.94. The van der Waals surface area contributed by atoms with Crippen LogP contribution in [-0.4, -0.2) is 0 Å². The number of hydrogen-bond donors (Lipinski definition) is 0. The first-order valence-corrected chi connectivity index (χ1v) is 18.2. The maximum Gasteiger partial charge on any atom is 0.0467 e. The average molecular weight is 674 g/mol. The highest BCUT2D eigenvalue weighted by atomic mass is 15.1. The summed E-state index contributed by atoms with van der Waals surface area (Å²) in [5, 5.41) is 10.2. The monoisotopic (exact) mass is 673 g/mol. The van der Waals surface area contributed by atoms with Gasteiger partial charge in [-0.25, -0.2) is 0 Å². The van der Waals surface area contributed by atoms with E-state index < -0.39 is 0 Å². The summed E-state index contributed by atoms with van der Waals surface area (Å²) in [6.07, 6.45) is 0. The Labute approximate surface area is 309 Å². The van der Waals surface area contributed by atoms with Crippen LogP contribution in [0.3, 0.4) is 0 Å². The second-order valence-electron chi connectivity index (χ2n) is 13.8. The Morgan fingerprint density at radius 1 is 0.208 bits per heavy atom. The van der Waals surface area contributed by atoms with E-state index in [0.29, 0.717) is 0 Å². The van der Waals surface area contributed by atoms with Crippen LogP contribution in [0.25, 0.3) is 76.5 Å². The fraction of sp³-hybridized carbons (Fsp3) is 0. The molecule has 53 heavy (non-hydrogen) atoms. The second-order valence-corrected chi connectivity index (χ2v) is 13.8. The van der Waals surface area contributed by atoms with Gasteiger partial charge in [0.05, 0.1) is 0 Å². The number of benzene rings is 10. The molecule has 0 unspecified atom stereocenters. The van der Waals surface area contributed by atoms with Gasteiger partial charge in [-0.15, -0.1) is 0 Å². The molecule has 0 N–H and O–H groups in total. The van der Waals surface area contributed by atoms with E-state index in [0.717, 1.165) is 17.1 Å². The quantitative estimate of drug-likeness (QED) is 0.159. The summed E-state index contributed by atoms with van der Waals surface area (Å²) in [4.78, 5) is 2.36. The van der Waals surface area contributed by atoms with Gasteiger partial charge in [0, 0.05) is 17.1 Å². The Morgan fingerprint density at radius 2 is 0.679 bits per heavy atom. The van der Waals surface area contributed by atoms with Crippen molar-refractivity contribution < 1.29 is 0 Å². The van der Waals surface area contributed by atoms with Gasteiger partial charge < -0.3 is 4.90 Å². The lowest BCUT2D eigenvalue weighted by molar-refractivity contribution is 1.28. The molecule has 0 saturated carbocycles. The molecular weight excluding hydrogens is 639 g/mol. The third kappa shape index (κ3) is 5.69. The summed E-state index contributed by atoms with van der Waals surface area (Å²) in [5.74, 6) is 0. The Bertz CT molecular complexity index is 2920. The van der Waals surface area contributed by atoms with Gasteiger partial charge in [-0.3, -0.25) is 0 Å². The van der Waals surface area contributed by atoms with E-state index >= 15 is 0 Å². The topological polar surface area (TPSA) is 3.24 Å². The van der Waals surface area contributed by atoms with Crippen LogP contribution in [0.5, 0.6) is 0 Å². The molecule has 248 valence electrons. The predicted molar refractivity (Wildman–Crippen MR) is 227 cm³/mol. The first-order chi connectivity index (χ1) is 26.2. The Hall–Kier alpha value is -6.96. The highest BCUT2D eigenvalue weighted by Crippen LogP contribution is 2.40. The molecule has 0 aliphatic carbocycles. The van der Waals surface area contributed by atoms with Crippen LogP contribution < -0.4 is 4.90 Å². The van der Waals surface area contributed by atoms with Gasteiger partial charge in [0.2, 0.25) is 0 Å². The molecule has 10 rings (SSSR count). The van der Waals surface area contributed by atoms with Crippen molar-refractivity contribution in [3.63, 3.8) is 0 Å². The zero-order valence-electron chi connectivity index (χ0n) is 29.2. The zero-order chi connectivity index (χ0) is 35.1.